The van der Waals surface area contributed by atoms with Gasteiger partial charge in [-0.05, 0) is 49.9 Å². The molecule has 0 unspecified atom stereocenters. The second-order valence-electron chi connectivity index (χ2n) is 5.85. The maximum absolute atomic E-state index is 12.2. The van der Waals surface area contributed by atoms with E-state index < -0.39 is 0 Å². The molecule has 0 amide bonds. The van der Waals surface area contributed by atoms with E-state index in [1.807, 2.05) is 6.07 Å². The zero-order valence-corrected chi connectivity index (χ0v) is 12.6. The van der Waals surface area contributed by atoms with Crippen molar-refractivity contribution < 1.29 is 9.90 Å². The van der Waals surface area contributed by atoms with Gasteiger partial charge in [-0.2, -0.15) is 0 Å². The summed E-state index contributed by atoms with van der Waals surface area (Å²) in [6, 6.07) is 6.44. The molecule has 1 saturated heterocycles. The van der Waals surface area contributed by atoms with Crippen LogP contribution in [0.4, 0.5) is 0 Å². The minimum Gasteiger partial charge on any atom is -0.395 e. The van der Waals surface area contributed by atoms with Crippen molar-refractivity contribution in [3.05, 3.63) is 34.9 Å². The molecule has 1 aromatic rings. The summed E-state index contributed by atoms with van der Waals surface area (Å²) in [4.78, 5) is 14.4. The van der Waals surface area contributed by atoms with Crippen LogP contribution < -0.4 is 0 Å². The molecule has 0 aliphatic carbocycles. The van der Waals surface area contributed by atoms with E-state index in [2.05, 4.69) is 30.9 Å². The smallest absolute Gasteiger partial charge is 0.138 e. The molecular formula is C17H25NO2. The summed E-state index contributed by atoms with van der Waals surface area (Å²) in [7, 11) is 0. The third kappa shape index (κ3) is 3.68. The van der Waals surface area contributed by atoms with Crippen molar-refractivity contribution in [2.24, 2.45) is 0 Å². The number of aliphatic hydroxyl groups is 1. The lowest BCUT2D eigenvalue weighted by Gasteiger charge is -2.22. The second kappa shape index (κ2) is 7.00. The normalized spacial score (nSPS) is 19.4. The molecule has 1 aromatic carbocycles. The number of ketones is 1. The number of carbonyl (C=O) groups excluding carboxylic acids is 1. The molecule has 1 fully saturated rings. The molecule has 1 N–H and O–H groups in total. The third-order valence-electron chi connectivity index (χ3n) is 4.41. The van der Waals surface area contributed by atoms with Crippen molar-refractivity contribution >= 4 is 5.78 Å². The van der Waals surface area contributed by atoms with Crippen molar-refractivity contribution in [3.8, 4) is 0 Å². The summed E-state index contributed by atoms with van der Waals surface area (Å²) in [6.07, 6.45) is 3.32. The highest BCUT2D eigenvalue weighted by Crippen LogP contribution is 2.18. The largest absolute Gasteiger partial charge is 0.395 e. The SMILES string of the molecule is Cc1cccc(C)c1CC(=O)CCN1CCC[C@@H]1CO. The predicted molar refractivity (Wildman–Crippen MR) is 80.9 cm³/mol. The number of likely N-dealkylation sites (tertiary alicyclic amines) is 1. The molecule has 1 aliphatic heterocycles. The Hall–Kier alpha value is -1.19. The van der Waals surface area contributed by atoms with E-state index in [1.54, 1.807) is 0 Å². The summed E-state index contributed by atoms with van der Waals surface area (Å²) in [5.41, 5.74) is 3.58. The minimum absolute atomic E-state index is 0.213. The van der Waals surface area contributed by atoms with E-state index >= 15 is 0 Å². The van der Waals surface area contributed by atoms with E-state index in [0.29, 0.717) is 18.6 Å². The van der Waals surface area contributed by atoms with Gasteiger partial charge in [-0.1, -0.05) is 18.2 Å². The zero-order chi connectivity index (χ0) is 14.5. The van der Waals surface area contributed by atoms with E-state index in [-0.39, 0.29) is 12.6 Å². The average Bonchev–Trinajstić information content (AvgIpc) is 2.88. The number of Topliss-reactive ketones (excluding diaryl/α,β-unsaturated/α-hetero) is 1. The number of aryl methyl sites for hydroxylation is 2. The van der Waals surface area contributed by atoms with Crippen molar-refractivity contribution in [3.63, 3.8) is 0 Å². The van der Waals surface area contributed by atoms with Crippen LogP contribution >= 0.6 is 0 Å². The quantitative estimate of drug-likeness (QED) is 0.866. The van der Waals surface area contributed by atoms with Crippen LogP contribution in [0.25, 0.3) is 0 Å². The Bertz CT molecular complexity index is 450. The van der Waals surface area contributed by atoms with E-state index in [4.69, 9.17) is 0 Å². The lowest BCUT2D eigenvalue weighted by molar-refractivity contribution is -0.118. The standard InChI is InChI=1S/C17H25NO2/c1-13-5-3-6-14(2)17(13)11-16(20)8-10-18-9-4-7-15(18)12-19/h3,5-6,15,19H,4,7-12H2,1-2H3/t15-/m1/s1. The van der Waals surface area contributed by atoms with E-state index in [9.17, 15) is 9.90 Å². The molecule has 0 radical (unpaired) electrons. The van der Waals surface area contributed by atoms with Crippen LogP contribution in [-0.4, -0.2) is 41.5 Å². The number of hydrogen-bond donors (Lipinski definition) is 1. The van der Waals surface area contributed by atoms with Gasteiger partial charge in [0.15, 0.2) is 0 Å². The predicted octanol–water partition coefficient (Wildman–Crippen LogP) is 2.26. The average molecular weight is 275 g/mol. The van der Waals surface area contributed by atoms with E-state index in [0.717, 1.165) is 25.9 Å². The summed E-state index contributed by atoms with van der Waals surface area (Å²) in [5, 5.41) is 9.28. The first-order chi connectivity index (χ1) is 9.61. The number of benzene rings is 1. The minimum atomic E-state index is 0.213. The fourth-order valence-corrected chi connectivity index (χ4v) is 3.08. The Morgan fingerprint density at radius 1 is 1.35 bits per heavy atom. The van der Waals surface area contributed by atoms with Gasteiger partial charge in [0.2, 0.25) is 0 Å². The van der Waals surface area contributed by atoms with Crippen molar-refractivity contribution in [2.75, 3.05) is 19.7 Å². The first-order valence-corrected chi connectivity index (χ1v) is 7.53. The molecule has 0 aromatic heterocycles. The van der Waals surface area contributed by atoms with Gasteiger partial charge < -0.3 is 5.11 Å². The fourth-order valence-electron chi connectivity index (χ4n) is 3.08. The monoisotopic (exact) mass is 275 g/mol. The molecule has 3 heteroatoms. The van der Waals surface area contributed by atoms with Gasteiger partial charge in [0.05, 0.1) is 6.61 Å². The highest BCUT2D eigenvalue weighted by molar-refractivity contribution is 5.81. The molecular weight excluding hydrogens is 250 g/mol. The van der Waals surface area contributed by atoms with Gasteiger partial charge in [-0.3, -0.25) is 9.69 Å². The second-order valence-corrected chi connectivity index (χ2v) is 5.85. The topological polar surface area (TPSA) is 40.5 Å². The highest BCUT2D eigenvalue weighted by atomic mass is 16.3. The van der Waals surface area contributed by atoms with Crippen LogP contribution in [0.1, 0.15) is 36.0 Å². The summed E-state index contributed by atoms with van der Waals surface area (Å²) < 4.78 is 0. The highest BCUT2D eigenvalue weighted by Gasteiger charge is 2.23. The maximum Gasteiger partial charge on any atom is 0.138 e. The van der Waals surface area contributed by atoms with Crippen LogP contribution in [-0.2, 0) is 11.2 Å². The van der Waals surface area contributed by atoms with E-state index in [1.165, 1.54) is 16.7 Å². The Kier molecular flexibility index (Phi) is 5.32. The van der Waals surface area contributed by atoms with Crippen LogP contribution in [0.5, 0.6) is 0 Å². The van der Waals surface area contributed by atoms with Crippen LogP contribution in [0, 0.1) is 13.8 Å². The first-order valence-electron chi connectivity index (χ1n) is 7.53. The molecule has 0 spiro atoms. The Labute approximate surface area is 121 Å². The van der Waals surface area contributed by atoms with Gasteiger partial charge in [0.1, 0.15) is 5.78 Å². The number of nitrogens with zero attached hydrogens (tertiary/aromatic N) is 1. The van der Waals surface area contributed by atoms with Gasteiger partial charge in [-0.15, -0.1) is 0 Å². The Balaban J connectivity index is 1.87. The molecule has 1 atom stereocenters. The van der Waals surface area contributed by atoms with Crippen LogP contribution in [0.15, 0.2) is 18.2 Å². The van der Waals surface area contributed by atoms with Crippen LogP contribution in [0.3, 0.4) is 0 Å². The number of aliphatic hydroxyl groups excluding tert-OH is 1. The molecule has 110 valence electrons. The van der Waals surface area contributed by atoms with Crippen molar-refractivity contribution in [1.82, 2.24) is 4.90 Å². The number of rotatable bonds is 6. The molecule has 20 heavy (non-hydrogen) atoms. The molecule has 1 aliphatic rings. The maximum atomic E-state index is 12.2. The molecule has 0 bridgehead atoms. The van der Waals surface area contributed by atoms with Gasteiger partial charge in [0, 0.05) is 25.4 Å². The van der Waals surface area contributed by atoms with Crippen molar-refractivity contribution in [2.45, 2.75) is 45.6 Å². The lowest BCUT2D eigenvalue weighted by atomic mass is 9.97. The number of carbonyl (C=O) groups is 1. The summed E-state index contributed by atoms with van der Waals surface area (Å²) >= 11 is 0. The number of hydrogen-bond acceptors (Lipinski definition) is 3. The molecule has 0 saturated carbocycles. The Morgan fingerprint density at radius 2 is 2.05 bits per heavy atom. The first kappa shape index (κ1) is 15.2. The van der Waals surface area contributed by atoms with Crippen LogP contribution in [0.2, 0.25) is 0 Å². The van der Waals surface area contributed by atoms with Gasteiger partial charge in [0.25, 0.3) is 0 Å². The molecule has 3 nitrogen and oxygen atoms in total. The summed E-state index contributed by atoms with van der Waals surface area (Å²) in [6.45, 7) is 6.15. The molecule has 1 heterocycles. The molecule has 2 rings (SSSR count). The zero-order valence-electron chi connectivity index (χ0n) is 12.6. The Morgan fingerprint density at radius 3 is 2.70 bits per heavy atom. The van der Waals surface area contributed by atoms with Crippen molar-refractivity contribution in [1.29, 1.82) is 0 Å². The van der Waals surface area contributed by atoms with Gasteiger partial charge >= 0.3 is 0 Å². The van der Waals surface area contributed by atoms with Gasteiger partial charge in [-0.25, -0.2) is 0 Å². The summed E-state index contributed by atoms with van der Waals surface area (Å²) in [5.74, 6) is 0.297. The lowest BCUT2D eigenvalue weighted by Crippen LogP contribution is -2.34. The third-order valence-corrected chi connectivity index (χ3v) is 4.41. The fraction of sp³-hybridized carbons (Fsp3) is 0.588.